The van der Waals surface area contributed by atoms with Crippen LogP contribution in [-0.4, -0.2) is 31.0 Å². The average Bonchev–Trinajstić information content (AvgIpc) is 1.67. The van der Waals surface area contributed by atoms with Crippen molar-refractivity contribution < 1.29 is 0 Å². The Labute approximate surface area is 143 Å². The largest absolute Gasteiger partial charge is 0.131 e. The second-order valence-electron chi connectivity index (χ2n) is 6.64. The molecule has 0 aliphatic carbocycles. The molecule has 0 amide bonds. The van der Waals surface area contributed by atoms with Crippen LogP contribution in [0.2, 0.25) is 52.4 Å². The first-order chi connectivity index (χ1) is 7.00. The highest BCUT2D eigenvalue weighted by molar-refractivity contribution is 9.38. The van der Waals surface area contributed by atoms with Crippen LogP contribution >= 0.6 is 61.2 Å². The predicted octanol–water partition coefficient (Wildman–Crippen LogP) is 6.15. The van der Waals surface area contributed by atoms with Crippen LogP contribution in [0.4, 0.5) is 0 Å². The van der Waals surface area contributed by atoms with Crippen molar-refractivity contribution in [2.75, 3.05) is 0 Å². The van der Waals surface area contributed by atoms with Crippen molar-refractivity contribution in [3.8, 4) is 0 Å². The molecular weight excluding hydrogens is 556 g/mol. The van der Waals surface area contributed by atoms with Crippen LogP contribution in [0.15, 0.2) is 0 Å². The number of hydrogen-bond donors (Lipinski definition) is 0. The fraction of sp³-hybridized carbons (Fsp3) is 1.00. The van der Waals surface area contributed by atoms with Crippen molar-refractivity contribution in [2.45, 2.75) is 52.4 Å². The molecule has 104 valence electrons. The molecule has 0 atom stereocenters. The van der Waals surface area contributed by atoms with Gasteiger partial charge in [-0.05, 0) is 0 Å². The van der Waals surface area contributed by atoms with Gasteiger partial charge >= 0.3 is 0 Å². The standard InChI is InChI=1S/C8H24Br4Si5/c1-13(2,9)17(14(3,4)10,15(5,6)11)16(7,8)12/h1-8H3. The Balaban J connectivity index is 6.37. The lowest BCUT2D eigenvalue weighted by molar-refractivity contribution is 1.94. The van der Waals surface area contributed by atoms with Gasteiger partial charge in [0.25, 0.3) is 0 Å². The van der Waals surface area contributed by atoms with Gasteiger partial charge in [0, 0.05) is 0 Å². The number of rotatable bonds is 4. The van der Waals surface area contributed by atoms with E-state index in [2.05, 4.69) is 114 Å². The molecule has 0 saturated heterocycles. The van der Waals surface area contributed by atoms with E-state index in [1.54, 1.807) is 0 Å². The fourth-order valence-corrected chi connectivity index (χ4v) is 318. The first-order valence-corrected chi connectivity index (χ1v) is 32.8. The van der Waals surface area contributed by atoms with E-state index in [9.17, 15) is 0 Å². The molecule has 0 rings (SSSR count). The summed E-state index contributed by atoms with van der Waals surface area (Å²) in [6.45, 7) is 20.3. The lowest BCUT2D eigenvalue weighted by Gasteiger charge is -2.58. The Morgan fingerprint density at radius 1 is 0.412 bits per heavy atom. The van der Waals surface area contributed by atoms with Gasteiger partial charge in [0.2, 0.25) is 0 Å². The van der Waals surface area contributed by atoms with Crippen molar-refractivity contribution in [1.82, 2.24) is 0 Å². The predicted molar refractivity (Wildman–Crippen MR) is 111 cm³/mol. The van der Waals surface area contributed by atoms with Crippen LogP contribution in [0.3, 0.4) is 0 Å². The van der Waals surface area contributed by atoms with Crippen molar-refractivity contribution in [1.29, 1.82) is 0 Å². The molecular formula is C8H24Br4Si5. The van der Waals surface area contributed by atoms with E-state index in [0.717, 1.165) is 0 Å². The van der Waals surface area contributed by atoms with E-state index in [4.69, 9.17) is 0 Å². The van der Waals surface area contributed by atoms with Gasteiger partial charge in [-0.15, -0.1) is 61.2 Å². The summed E-state index contributed by atoms with van der Waals surface area (Å²) in [5, 5.41) is 0. The molecule has 0 spiro atoms. The molecule has 9 heteroatoms. The summed E-state index contributed by atoms with van der Waals surface area (Å²) in [5.41, 5.74) is 0. The maximum atomic E-state index is 4.22. The zero-order valence-corrected chi connectivity index (χ0v) is 23.4. The molecule has 0 bridgehead atoms. The maximum absolute atomic E-state index is 4.22. The Bertz CT molecular complexity index is 219. The zero-order valence-electron chi connectivity index (χ0n) is 12.0. The van der Waals surface area contributed by atoms with Crippen LogP contribution in [0, 0.1) is 0 Å². The molecule has 0 N–H and O–H groups in total. The van der Waals surface area contributed by atoms with Crippen molar-refractivity contribution in [2.24, 2.45) is 0 Å². The molecule has 0 aromatic rings. The van der Waals surface area contributed by atoms with Crippen LogP contribution < -0.4 is 0 Å². The summed E-state index contributed by atoms with van der Waals surface area (Å²) in [7, 11) is 0. The summed E-state index contributed by atoms with van der Waals surface area (Å²) < 4.78 is 0. The van der Waals surface area contributed by atoms with Gasteiger partial charge in [0.05, 0.1) is 6.14 Å². The summed E-state index contributed by atoms with van der Waals surface area (Å²) >= 11 is 16.9. The molecule has 0 aromatic carbocycles. The van der Waals surface area contributed by atoms with E-state index in [1.807, 2.05) is 0 Å². The first-order valence-electron chi connectivity index (χ1n) is 5.76. The summed E-state index contributed by atoms with van der Waals surface area (Å²) in [4.78, 5) is 0. The van der Waals surface area contributed by atoms with Gasteiger partial charge in [0.1, 0.15) is 24.8 Å². The molecule has 0 aliphatic heterocycles. The molecule has 0 nitrogen and oxygen atoms in total. The molecule has 0 heterocycles. The van der Waals surface area contributed by atoms with Crippen LogP contribution in [0.5, 0.6) is 0 Å². The SMILES string of the molecule is C[Si](C)(Br)[Si]([Si](C)(C)Br)([Si](C)(C)Br)[Si](C)(C)Br. The van der Waals surface area contributed by atoms with Crippen molar-refractivity contribution >= 4 is 92.2 Å². The smallest absolute Gasteiger partial charge is 0.112 e. The van der Waals surface area contributed by atoms with E-state index in [1.165, 1.54) is 0 Å². The van der Waals surface area contributed by atoms with Gasteiger partial charge in [-0.2, -0.15) is 0 Å². The zero-order chi connectivity index (χ0) is 14.5. The third-order valence-corrected chi connectivity index (χ3v) is 161. The summed E-state index contributed by atoms with van der Waals surface area (Å²) in [6.07, 6.45) is -6.77. The maximum Gasteiger partial charge on any atom is 0.112 e. The molecule has 0 fully saturated rings. The molecule has 17 heavy (non-hydrogen) atoms. The Hall–Kier alpha value is 3.00. The Morgan fingerprint density at radius 3 is 0.529 bits per heavy atom. The van der Waals surface area contributed by atoms with Gasteiger partial charge in [-0.3, -0.25) is 0 Å². The Kier molecular flexibility index (Phi) is 6.65. The summed E-state index contributed by atoms with van der Waals surface area (Å²) in [5.74, 6) is 0. The highest BCUT2D eigenvalue weighted by Gasteiger charge is 2.72. The number of hydrogen-bond acceptors (Lipinski definition) is 0. The van der Waals surface area contributed by atoms with Crippen LogP contribution in [0.1, 0.15) is 0 Å². The van der Waals surface area contributed by atoms with Crippen molar-refractivity contribution in [3.63, 3.8) is 0 Å². The molecule has 0 aliphatic rings. The topological polar surface area (TPSA) is 0 Å². The molecule has 0 aromatic heterocycles. The molecule has 0 radical (unpaired) electrons. The minimum atomic E-state index is -1.38. The molecule has 0 unspecified atom stereocenters. The minimum Gasteiger partial charge on any atom is -0.131 e. The second-order valence-corrected chi connectivity index (χ2v) is 85.5. The second kappa shape index (κ2) is 5.66. The fourth-order valence-electron chi connectivity index (χ4n) is 4.24. The monoisotopic (exact) mass is 576 g/mol. The van der Waals surface area contributed by atoms with Crippen LogP contribution in [-0.2, 0) is 0 Å². The average molecular weight is 580 g/mol. The van der Waals surface area contributed by atoms with E-state index >= 15 is 0 Å². The van der Waals surface area contributed by atoms with Crippen LogP contribution in [0.25, 0.3) is 0 Å². The highest BCUT2D eigenvalue weighted by atomic mass is 79.9. The van der Waals surface area contributed by atoms with Gasteiger partial charge < -0.3 is 0 Å². The van der Waals surface area contributed by atoms with Crippen molar-refractivity contribution in [3.05, 3.63) is 0 Å². The normalized spacial score (nSPS) is 16.2. The van der Waals surface area contributed by atoms with E-state index < -0.39 is 31.0 Å². The van der Waals surface area contributed by atoms with E-state index in [0.29, 0.717) is 0 Å². The van der Waals surface area contributed by atoms with Gasteiger partial charge in [0.15, 0.2) is 0 Å². The molecule has 0 saturated carbocycles. The Morgan fingerprint density at radius 2 is 0.529 bits per heavy atom. The van der Waals surface area contributed by atoms with E-state index in [-0.39, 0.29) is 0 Å². The minimum absolute atomic E-state index is 1.35. The summed E-state index contributed by atoms with van der Waals surface area (Å²) in [6, 6.07) is 0. The number of halogens is 4. The lowest BCUT2D eigenvalue weighted by atomic mass is 11.9. The third kappa shape index (κ3) is 3.61. The quantitative estimate of drug-likeness (QED) is 0.277. The lowest BCUT2D eigenvalue weighted by Crippen LogP contribution is -2.89. The first kappa shape index (κ1) is 20.0. The van der Waals surface area contributed by atoms with Gasteiger partial charge in [-0.1, -0.05) is 52.4 Å². The van der Waals surface area contributed by atoms with Gasteiger partial charge in [-0.25, -0.2) is 0 Å². The third-order valence-electron chi connectivity index (χ3n) is 3.57. The highest BCUT2D eigenvalue weighted by Crippen LogP contribution is 2.51.